The van der Waals surface area contributed by atoms with Gasteiger partial charge in [0.05, 0.1) is 0 Å². The van der Waals surface area contributed by atoms with Crippen LogP contribution in [0.4, 0.5) is 0 Å². The van der Waals surface area contributed by atoms with Crippen LogP contribution in [-0.4, -0.2) is 0 Å². The average molecular weight is 136 g/mol. The summed E-state index contributed by atoms with van der Waals surface area (Å²) in [6.45, 7) is 4.72. The highest BCUT2D eigenvalue weighted by atomic mass is 14.4. The van der Waals surface area contributed by atoms with Crippen LogP contribution in [0.1, 0.15) is 26.7 Å². The first-order chi connectivity index (χ1) is 4.77. The van der Waals surface area contributed by atoms with E-state index in [1.165, 1.54) is 12.8 Å². The van der Waals surface area contributed by atoms with Gasteiger partial charge >= 0.3 is 0 Å². The lowest BCUT2D eigenvalue weighted by atomic mass is 9.84. The Morgan fingerprint density at radius 1 is 1.20 bits per heavy atom. The van der Waals surface area contributed by atoms with Gasteiger partial charge in [-0.15, -0.1) is 0 Å². The molecule has 1 saturated carbocycles. The van der Waals surface area contributed by atoms with Crippen molar-refractivity contribution in [2.75, 3.05) is 0 Å². The van der Waals surface area contributed by atoms with Gasteiger partial charge in [0.25, 0.3) is 0 Å². The molecule has 0 radical (unpaired) electrons. The van der Waals surface area contributed by atoms with Crippen LogP contribution in [0.15, 0.2) is 12.2 Å². The molecule has 0 nitrogen and oxygen atoms in total. The monoisotopic (exact) mass is 136 g/mol. The maximum Gasteiger partial charge on any atom is -0.0197 e. The lowest BCUT2D eigenvalue weighted by molar-refractivity contribution is 0.331. The smallest absolute Gasteiger partial charge is 0.0197 e. The topological polar surface area (TPSA) is 0 Å². The van der Waals surface area contributed by atoms with E-state index in [4.69, 9.17) is 0 Å². The third-order valence-corrected chi connectivity index (χ3v) is 3.19. The molecule has 1 fully saturated rings. The molecular formula is C10H16. The van der Waals surface area contributed by atoms with E-state index in [1.807, 2.05) is 0 Å². The van der Waals surface area contributed by atoms with E-state index < -0.39 is 0 Å². The van der Waals surface area contributed by atoms with Crippen LogP contribution in [0, 0.1) is 23.7 Å². The molecule has 0 aromatic heterocycles. The molecule has 2 aliphatic carbocycles. The number of fused-ring (bicyclic) bond motifs is 2. The highest BCUT2D eigenvalue weighted by Crippen LogP contribution is 2.46. The summed E-state index contributed by atoms with van der Waals surface area (Å²) in [5, 5.41) is 0. The zero-order chi connectivity index (χ0) is 7.14. The maximum atomic E-state index is 2.44. The van der Waals surface area contributed by atoms with Crippen LogP contribution in [-0.2, 0) is 0 Å². The first-order valence-electron chi connectivity index (χ1n) is 4.45. The molecule has 2 bridgehead atoms. The van der Waals surface area contributed by atoms with Crippen molar-refractivity contribution < 1.29 is 0 Å². The van der Waals surface area contributed by atoms with Crippen LogP contribution in [0.5, 0.6) is 0 Å². The van der Waals surface area contributed by atoms with Crippen LogP contribution in [0.25, 0.3) is 0 Å². The molecule has 10 heavy (non-hydrogen) atoms. The maximum absolute atomic E-state index is 2.44. The number of rotatable bonds is 1. The molecule has 0 aliphatic heterocycles. The van der Waals surface area contributed by atoms with Gasteiger partial charge in [0.2, 0.25) is 0 Å². The van der Waals surface area contributed by atoms with Crippen LogP contribution >= 0.6 is 0 Å². The summed E-state index contributed by atoms with van der Waals surface area (Å²) >= 11 is 0. The number of hydrogen-bond donors (Lipinski definition) is 0. The van der Waals surface area contributed by atoms with Gasteiger partial charge in [-0.05, 0) is 36.5 Å². The van der Waals surface area contributed by atoms with Gasteiger partial charge < -0.3 is 0 Å². The Hall–Kier alpha value is -0.260. The van der Waals surface area contributed by atoms with Crippen molar-refractivity contribution in [3.63, 3.8) is 0 Å². The minimum absolute atomic E-state index is 0.903. The molecule has 0 aromatic carbocycles. The van der Waals surface area contributed by atoms with E-state index in [-0.39, 0.29) is 0 Å². The molecule has 2 rings (SSSR count). The summed E-state index contributed by atoms with van der Waals surface area (Å²) in [5.74, 6) is 3.82. The van der Waals surface area contributed by atoms with E-state index >= 15 is 0 Å². The molecule has 0 amide bonds. The van der Waals surface area contributed by atoms with Crippen molar-refractivity contribution in [3.05, 3.63) is 12.2 Å². The predicted octanol–water partition coefficient (Wildman–Crippen LogP) is 2.85. The van der Waals surface area contributed by atoms with E-state index in [0.717, 1.165) is 23.7 Å². The Kier molecular flexibility index (Phi) is 1.36. The van der Waals surface area contributed by atoms with Crippen LogP contribution < -0.4 is 0 Å². The highest BCUT2D eigenvalue weighted by Gasteiger charge is 2.36. The second-order valence-corrected chi connectivity index (χ2v) is 4.19. The molecule has 3 atom stereocenters. The molecule has 56 valence electrons. The van der Waals surface area contributed by atoms with Crippen molar-refractivity contribution in [2.45, 2.75) is 26.7 Å². The first kappa shape index (κ1) is 6.45. The molecule has 2 aliphatic rings. The molecule has 0 heteroatoms. The molecule has 0 saturated heterocycles. The summed E-state index contributed by atoms with van der Waals surface area (Å²) in [5.41, 5.74) is 0. The molecule has 0 heterocycles. The zero-order valence-electron chi connectivity index (χ0n) is 6.88. The van der Waals surface area contributed by atoms with Gasteiger partial charge in [0.15, 0.2) is 0 Å². The quantitative estimate of drug-likeness (QED) is 0.486. The van der Waals surface area contributed by atoms with Gasteiger partial charge in [0, 0.05) is 0 Å². The third kappa shape index (κ3) is 0.817. The van der Waals surface area contributed by atoms with Gasteiger partial charge in [-0.3, -0.25) is 0 Å². The lowest BCUT2D eigenvalue weighted by Crippen LogP contribution is -2.13. The zero-order valence-corrected chi connectivity index (χ0v) is 6.88. The predicted molar refractivity (Wildman–Crippen MR) is 43.7 cm³/mol. The Labute approximate surface area is 63.3 Å². The lowest BCUT2D eigenvalue weighted by Gasteiger charge is -2.21. The second kappa shape index (κ2) is 2.11. The number of allylic oxidation sites excluding steroid dienone is 2. The fraction of sp³-hybridized carbons (Fsp3) is 0.800. The SMILES string of the molecule is CC(C)C1CC2C=CC1C2. The minimum atomic E-state index is 0.903. The summed E-state index contributed by atoms with van der Waals surface area (Å²) in [7, 11) is 0. The van der Waals surface area contributed by atoms with Gasteiger partial charge in [0.1, 0.15) is 0 Å². The van der Waals surface area contributed by atoms with Crippen LogP contribution in [0.2, 0.25) is 0 Å². The fourth-order valence-electron chi connectivity index (χ4n) is 2.59. The van der Waals surface area contributed by atoms with Gasteiger partial charge in [-0.1, -0.05) is 26.0 Å². The van der Waals surface area contributed by atoms with Crippen molar-refractivity contribution in [1.82, 2.24) is 0 Å². The summed E-state index contributed by atoms with van der Waals surface area (Å²) in [6, 6.07) is 0. The minimum Gasteiger partial charge on any atom is -0.0851 e. The first-order valence-corrected chi connectivity index (χ1v) is 4.45. The average Bonchev–Trinajstić information content (AvgIpc) is 2.44. The third-order valence-electron chi connectivity index (χ3n) is 3.19. The van der Waals surface area contributed by atoms with Crippen molar-refractivity contribution in [1.29, 1.82) is 0 Å². The van der Waals surface area contributed by atoms with Gasteiger partial charge in [-0.25, -0.2) is 0 Å². The fourth-order valence-corrected chi connectivity index (χ4v) is 2.59. The molecular weight excluding hydrogens is 120 g/mol. The molecule has 0 N–H and O–H groups in total. The summed E-state index contributed by atoms with van der Waals surface area (Å²) < 4.78 is 0. The van der Waals surface area contributed by atoms with Crippen molar-refractivity contribution in [2.24, 2.45) is 23.7 Å². The molecule has 0 spiro atoms. The van der Waals surface area contributed by atoms with E-state index in [2.05, 4.69) is 26.0 Å². The Bertz CT molecular complexity index is 155. The standard InChI is InChI=1S/C10H16/c1-7(2)10-6-8-3-4-9(10)5-8/h3-4,7-10H,5-6H2,1-2H3. The van der Waals surface area contributed by atoms with Crippen LogP contribution in [0.3, 0.4) is 0 Å². The van der Waals surface area contributed by atoms with Crippen molar-refractivity contribution in [3.8, 4) is 0 Å². The largest absolute Gasteiger partial charge is 0.0851 e. The van der Waals surface area contributed by atoms with E-state index in [0.29, 0.717) is 0 Å². The highest BCUT2D eigenvalue weighted by molar-refractivity contribution is 5.10. The molecule has 0 aromatic rings. The second-order valence-electron chi connectivity index (χ2n) is 4.19. The summed E-state index contributed by atoms with van der Waals surface area (Å²) in [6.07, 6.45) is 7.80. The number of hydrogen-bond acceptors (Lipinski definition) is 0. The Morgan fingerprint density at radius 2 is 2.00 bits per heavy atom. The van der Waals surface area contributed by atoms with E-state index in [1.54, 1.807) is 0 Å². The Morgan fingerprint density at radius 3 is 2.30 bits per heavy atom. The Balaban J connectivity index is 2.09. The van der Waals surface area contributed by atoms with E-state index in [9.17, 15) is 0 Å². The molecule has 3 unspecified atom stereocenters. The van der Waals surface area contributed by atoms with Crippen molar-refractivity contribution >= 4 is 0 Å². The van der Waals surface area contributed by atoms with Gasteiger partial charge in [-0.2, -0.15) is 0 Å². The normalized spacial score (nSPS) is 43.7. The summed E-state index contributed by atoms with van der Waals surface area (Å²) in [4.78, 5) is 0.